The number of hydrogen-bond donors (Lipinski definition) is 2. The van der Waals surface area contributed by atoms with Crippen LogP contribution in [0.5, 0.6) is 11.5 Å². The zero-order valence-corrected chi connectivity index (χ0v) is 20.5. The first-order valence-corrected chi connectivity index (χ1v) is 13.2. The van der Waals surface area contributed by atoms with Gasteiger partial charge in [-0.1, -0.05) is 0 Å². The fourth-order valence-corrected chi connectivity index (χ4v) is 4.69. The van der Waals surface area contributed by atoms with Crippen LogP contribution in [0.4, 0.5) is 24.0 Å². The van der Waals surface area contributed by atoms with Crippen molar-refractivity contribution in [1.82, 2.24) is 9.88 Å². The van der Waals surface area contributed by atoms with E-state index in [1.165, 1.54) is 0 Å². The molecule has 2 aromatic carbocycles. The molecule has 2 heterocycles. The molecule has 1 aromatic heterocycles. The standard InChI is InChI=1S/C22H23F3N4O5S2/c23-22(24,25)34-20-6-5-17(36(26,30)31)13-18(20)27-21-28-19(14-35-21)15-1-3-16(4-2-15)33-12-9-29-7-10-32-11-8-29/h1-6,13-14H,7-12H2,(H,27,28)(H2,26,30,31). The van der Waals surface area contributed by atoms with Gasteiger partial charge in [0.1, 0.15) is 12.4 Å². The Balaban J connectivity index is 1.43. The molecule has 0 radical (unpaired) electrons. The Morgan fingerprint density at radius 1 is 1.14 bits per heavy atom. The predicted molar refractivity (Wildman–Crippen MR) is 128 cm³/mol. The van der Waals surface area contributed by atoms with Gasteiger partial charge in [0.2, 0.25) is 10.0 Å². The Bertz CT molecular complexity index is 1280. The van der Waals surface area contributed by atoms with Gasteiger partial charge in [-0.15, -0.1) is 24.5 Å². The smallest absolute Gasteiger partial charge is 0.492 e. The molecule has 0 aliphatic carbocycles. The highest BCUT2D eigenvalue weighted by Gasteiger charge is 2.32. The highest BCUT2D eigenvalue weighted by atomic mass is 32.2. The topological polar surface area (TPSA) is 116 Å². The SMILES string of the molecule is NS(=O)(=O)c1ccc(OC(F)(F)F)c(Nc2nc(-c3ccc(OCCN4CCOCC4)cc3)cs2)c1. The first-order valence-electron chi connectivity index (χ1n) is 10.8. The summed E-state index contributed by atoms with van der Waals surface area (Å²) in [4.78, 5) is 6.28. The zero-order valence-electron chi connectivity index (χ0n) is 18.8. The first-order chi connectivity index (χ1) is 17.1. The van der Waals surface area contributed by atoms with Crippen molar-refractivity contribution in [2.24, 2.45) is 5.14 Å². The van der Waals surface area contributed by atoms with Crippen molar-refractivity contribution < 1.29 is 35.8 Å². The summed E-state index contributed by atoms with van der Waals surface area (Å²) in [6, 6.07) is 10.0. The minimum Gasteiger partial charge on any atom is -0.492 e. The normalized spacial score (nSPS) is 15.0. The maximum absolute atomic E-state index is 12.8. The molecule has 0 saturated carbocycles. The van der Waals surface area contributed by atoms with Gasteiger partial charge in [-0.3, -0.25) is 4.90 Å². The van der Waals surface area contributed by atoms with Crippen LogP contribution in [-0.2, 0) is 14.8 Å². The average Bonchev–Trinajstić information content (AvgIpc) is 3.28. The van der Waals surface area contributed by atoms with Gasteiger partial charge in [0.25, 0.3) is 0 Å². The Labute approximate surface area is 209 Å². The maximum Gasteiger partial charge on any atom is 0.573 e. The molecule has 1 aliphatic heterocycles. The molecule has 0 unspecified atom stereocenters. The number of anilines is 2. The maximum atomic E-state index is 12.8. The van der Waals surface area contributed by atoms with Crippen molar-refractivity contribution in [3.8, 4) is 22.8 Å². The molecule has 36 heavy (non-hydrogen) atoms. The Kier molecular flexibility index (Phi) is 8.00. The number of primary sulfonamides is 1. The number of nitrogens with two attached hydrogens (primary N) is 1. The first kappa shape index (κ1) is 26.2. The summed E-state index contributed by atoms with van der Waals surface area (Å²) in [5, 5.41) is 9.74. The Morgan fingerprint density at radius 2 is 1.86 bits per heavy atom. The Morgan fingerprint density at radius 3 is 2.53 bits per heavy atom. The molecule has 194 valence electrons. The van der Waals surface area contributed by atoms with Gasteiger partial charge < -0.3 is 19.5 Å². The molecule has 0 spiro atoms. The average molecular weight is 545 g/mol. The zero-order chi connectivity index (χ0) is 25.8. The number of rotatable bonds is 9. The van der Waals surface area contributed by atoms with Crippen LogP contribution >= 0.6 is 11.3 Å². The molecule has 1 saturated heterocycles. The molecule has 14 heteroatoms. The fourth-order valence-electron chi connectivity index (χ4n) is 3.42. The molecule has 0 amide bonds. The minimum absolute atomic E-state index is 0.231. The van der Waals surface area contributed by atoms with Crippen molar-refractivity contribution >= 4 is 32.2 Å². The van der Waals surface area contributed by atoms with E-state index in [-0.39, 0.29) is 15.7 Å². The van der Waals surface area contributed by atoms with E-state index in [0.717, 1.165) is 67.9 Å². The number of benzene rings is 2. The fraction of sp³-hybridized carbons (Fsp3) is 0.318. The third-order valence-electron chi connectivity index (χ3n) is 5.18. The van der Waals surface area contributed by atoms with E-state index >= 15 is 0 Å². The minimum atomic E-state index is -4.97. The third kappa shape index (κ3) is 7.30. The van der Waals surface area contributed by atoms with E-state index in [1.54, 1.807) is 5.38 Å². The summed E-state index contributed by atoms with van der Waals surface area (Å²) in [6.07, 6.45) is -4.97. The van der Waals surface area contributed by atoms with Crippen LogP contribution in [0.1, 0.15) is 0 Å². The lowest BCUT2D eigenvalue weighted by molar-refractivity contribution is -0.274. The van der Waals surface area contributed by atoms with Gasteiger partial charge in [-0.25, -0.2) is 18.5 Å². The molecule has 1 fully saturated rings. The lowest BCUT2D eigenvalue weighted by Gasteiger charge is -2.26. The second-order valence-corrected chi connectivity index (χ2v) is 10.2. The summed E-state index contributed by atoms with van der Waals surface area (Å²) >= 11 is 1.13. The van der Waals surface area contributed by atoms with Crippen LogP contribution < -0.4 is 19.9 Å². The molecule has 0 bridgehead atoms. The van der Waals surface area contributed by atoms with Crippen LogP contribution in [-0.4, -0.2) is 64.1 Å². The summed E-state index contributed by atoms with van der Waals surface area (Å²) in [6.45, 7) is 4.58. The highest BCUT2D eigenvalue weighted by Crippen LogP contribution is 2.36. The van der Waals surface area contributed by atoms with Gasteiger partial charge in [0, 0.05) is 30.6 Å². The monoisotopic (exact) mass is 544 g/mol. The van der Waals surface area contributed by atoms with Crippen LogP contribution in [0.25, 0.3) is 11.3 Å². The molecule has 3 N–H and O–H groups in total. The van der Waals surface area contributed by atoms with Crippen LogP contribution in [0.2, 0.25) is 0 Å². The number of sulfonamides is 1. The summed E-state index contributed by atoms with van der Waals surface area (Å²) in [5.74, 6) is 0.0829. The van der Waals surface area contributed by atoms with Crippen molar-refractivity contribution in [2.75, 3.05) is 44.8 Å². The van der Waals surface area contributed by atoms with Gasteiger partial charge >= 0.3 is 6.36 Å². The number of hydrogen-bond acceptors (Lipinski definition) is 9. The number of nitrogens with zero attached hydrogens (tertiary/aromatic N) is 2. The van der Waals surface area contributed by atoms with Gasteiger partial charge in [0.05, 0.1) is 29.5 Å². The number of morpholine rings is 1. The van der Waals surface area contributed by atoms with E-state index in [4.69, 9.17) is 14.6 Å². The number of halogens is 3. The number of alkyl halides is 3. The van der Waals surface area contributed by atoms with Gasteiger partial charge in [-0.2, -0.15) is 0 Å². The van der Waals surface area contributed by atoms with Crippen molar-refractivity contribution in [3.63, 3.8) is 0 Å². The van der Waals surface area contributed by atoms with E-state index in [1.807, 2.05) is 24.3 Å². The largest absolute Gasteiger partial charge is 0.573 e. The lowest BCUT2D eigenvalue weighted by atomic mass is 10.2. The molecule has 3 aromatic rings. The molecular weight excluding hydrogens is 521 g/mol. The van der Waals surface area contributed by atoms with Crippen molar-refractivity contribution in [2.45, 2.75) is 11.3 Å². The second-order valence-electron chi connectivity index (χ2n) is 7.74. The van der Waals surface area contributed by atoms with Crippen molar-refractivity contribution in [3.05, 3.63) is 47.8 Å². The number of nitrogens with one attached hydrogen (secondary N) is 1. The summed E-state index contributed by atoms with van der Waals surface area (Å²) in [7, 11) is -4.15. The van der Waals surface area contributed by atoms with E-state index in [9.17, 15) is 21.6 Å². The van der Waals surface area contributed by atoms with Crippen molar-refractivity contribution in [1.29, 1.82) is 0 Å². The lowest BCUT2D eigenvalue weighted by Crippen LogP contribution is -2.38. The van der Waals surface area contributed by atoms with E-state index in [0.29, 0.717) is 18.1 Å². The second kappa shape index (κ2) is 11.0. The summed E-state index contributed by atoms with van der Waals surface area (Å²) < 4.78 is 76.8. The van der Waals surface area contributed by atoms with Crippen LogP contribution in [0, 0.1) is 0 Å². The third-order valence-corrected chi connectivity index (χ3v) is 6.85. The number of ether oxygens (including phenoxy) is 3. The van der Waals surface area contributed by atoms with Gasteiger partial charge in [-0.05, 0) is 42.5 Å². The predicted octanol–water partition coefficient (Wildman–Crippen LogP) is 3.81. The van der Waals surface area contributed by atoms with Crippen LogP contribution in [0.15, 0.2) is 52.7 Å². The number of thiazole rings is 1. The quantitative estimate of drug-likeness (QED) is 0.418. The summed E-state index contributed by atoms with van der Waals surface area (Å²) in [5.41, 5.74) is 1.09. The molecule has 0 atom stereocenters. The van der Waals surface area contributed by atoms with E-state index < -0.39 is 22.1 Å². The number of aromatic nitrogens is 1. The highest BCUT2D eigenvalue weighted by molar-refractivity contribution is 7.89. The van der Waals surface area contributed by atoms with Crippen LogP contribution in [0.3, 0.4) is 0 Å². The molecule has 4 rings (SSSR count). The molecule has 9 nitrogen and oxygen atoms in total. The molecular formula is C22H23F3N4O5S2. The van der Waals surface area contributed by atoms with Gasteiger partial charge in [0.15, 0.2) is 10.9 Å². The Hall–Kier alpha value is -2.91. The molecule has 1 aliphatic rings. The van der Waals surface area contributed by atoms with E-state index in [2.05, 4.69) is 19.9 Å².